The molecule has 23 heavy (non-hydrogen) atoms. The Labute approximate surface area is 141 Å². The van der Waals surface area contributed by atoms with Crippen molar-refractivity contribution in [2.45, 2.75) is 54.7 Å². The zero-order chi connectivity index (χ0) is 16.1. The number of nitrogens with one attached hydrogen (secondary N) is 3. The smallest absolute Gasteiger partial charge is 0.319 e. The standard InChI is InChI=1S/C17H23N3O2S/c21-16-10-9-12(11-18-16)19-17(22)20-14-7-3-4-8-15(14)23-13-5-1-2-6-13/h3-4,7-8,12-13H,1-2,5-6,9-11H2,(H,18,21)(H2,19,20,22)/t12-/m1/s1. The summed E-state index contributed by atoms with van der Waals surface area (Å²) in [6.45, 7) is 0.505. The van der Waals surface area contributed by atoms with Crippen LogP contribution in [0.15, 0.2) is 29.2 Å². The highest BCUT2D eigenvalue weighted by atomic mass is 32.2. The van der Waals surface area contributed by atoms with Gasteiger partial charge in [0.05, 0.1) is 5.69 Å². The van der Waals surface area contributed by atoms with Crippen molar-refractivity contribution in [2.75, 3.05) is 11.9 Å². The van der Waals surface area contributed by atoms with E-state index >= 15 is 0 Å². The zero-order valence-corrected chi connectivity index (χ0v) is 14.0. The van der Waals surface area contributed by atoms with E-state index in [-0.39, 0.29) is 18.0 Å². The highest BCUT2D eigenvalue weighted by Gasteiger charge is 2.21. The number of urea groups is 1. The van der Waals surface area contributed by atoms with Crippen LogP contribution in [-0.4, -0.2) is 29.8 Å². The fourth-order valence-electron chi connectivity index (χ4n) is 3.06. The van der Waals surface area contributed by atoms with Crippen molar-refractivity contribution >= 4 is 29.4 Å². The number of carbonyl (C=O) groups is 2. The van der Waals surface area contributed by atoms with E-state index < -0.39 is 0 Å². The fraction of sp³-hybridized carbons (Fsp3) is 0.529. The van der Waals surface area contributed by atoms with Crippen LogP contribution in [-0.2, 0) is 4.79 Å². The van der Waals surface area contributed by atoms with Gasteiger partial charge in [-0.05, 0) is 31.4 Å². The minimum absolute atomic E-state index is 0.00217. The number of hydrogen-bond donors (Lipinski definition) is 3. The molecule has 1 saturated heterocycles. The summed E-state index contributed by atoms with van der Waals surface area (Å²) in [6, 6.07) is 7.76. The quantitative estimate of drug-likeness (QED) is 0.793. The van der Waals surface area contributed by atoms with Gasteiger partial charge in [-0.15, -0.1) is 11.8 Å². The van der Waals surface area contributed by atoms with Crippen molar-refractivity contribution in [3.05, 3.63) is 24.3 Å². The third-order valence-corrected chi connectivity index (χ3v) is 5.75. The molecule has 0 aromatic heterocycles. The molecule has 1 aliphatic carbocycles. The summed E-state index contributed by atoms with van der Waals surface area (Å²) in [5, 5.41) is 9.33. The Kier molecular flexibility index (Phi) is 5.43. The fourth-order valence-corrected chi connectivity index (χ4v) is 4.39. The topological polar surface area (TPSA) is 70.2 Å². The SMILES string of the molecule is O=C1CC[C@@H](NC(=O)Nc2ccccc2SC2CCCC2)CN1. The molecule has 6 heteroatoms. The van der Waals surface area contributed by atoms with Crippen LogP contribution in [0.25, 0.3) is 0 Å². The number of rotatable bonds is 4. The van der Waals surface area contributed by atoms with Gasteiger partial charge in [0.1, 0.15) is 0 Å². The lowest BCUT2D eigenvalue weighted by Gasteiger charge is -2.24. The van der Waals surface area contributed by atoms with Crippen molar-refractivity contribution in [1.29, 1.82) is 0 Å². The molecule has 0 unspecified atom stereocenters. The van der Waals surface area contributed by atoms with Gasteiger partial charge in [0, 0.05) is 29.2 Å². The van der Waals surface area contributed by atoms with E-state index in [1.54, 1.807) is 0 Å². The van der Waals surface area contributed by atoms with E-state index in [4.69, 9.17) is 0 Å². The minimum atomic E-state index is -0.203. The Hall–Kier alpha value is -1.69. The Morgan fingerprint density at radius 2 is 1.96 bits per heavy atom. The lowest BCUT2D eigenvalue weighted by Crippen LogP contribution is -2.48. The predicted octanol–water partition coefficient (Wildman–Crippen LogP) is 3.12. The van der Waals surface area contributed by atoms with E-state index in [2.05, 4.69) is 22.0 Å². The van der Waals surface area contributed by atoms with E-state index in [0.717, 1.165) is 10.6 Å². The maximum atomic E-state index is 12.2. The summed E-state index contributed by atoms with van der Waals surface area (Å²) in [5.74, 6) is 0.0572. The normalized spacial score (nSPS) is 21.7. The van der Waals surface area contributed by atoms with Crippen LogP contribution in [0.3, 0.4) is 0 Å². The first kappa shape index (κ1) is 16.2. The molecule has 1 heterocycles. The van der Waals surface area contributed by atoms with Gasteiger partial charge in [-0.3, -0.25) is 4.79 Å². The molecule has 0 bridgehead atoms. The number of amides is 3. The van der Waals surface area contributed by atoms with E-state index in [9.17, 15) is 9.59 Å². The number of benzene rings is 1. The molecule has 1 saturated carbocycles. The first-order valence-corrected chi connectivity index (χ1v) is 9.18. The van der Waals surface area contributed by atoms with Crippen molar-refractivity contribution in [3.63, 3.8) is 0 Å². The lowest BCUT2D eigenvalue weighted by atomic mass is 10.1. The predicted molar refractivity (Wildman–Crippen MR) is 92.7 cm³/mol. The molecule has 2 fully saturated rings. The number of carbonyl (C=O) groups excluding carboxylic acids is 2. The van der Waals surface area contributed by atoms with Crippen molar-refractivity contribution in [2.24, 2.45) is 0 Å². The molecule has 1 aromatic rings. The molecular formula is C17H23N3O2S. The van der Waals surface area contributed by atoms with E-state index in [1.807, 2.05) is 30.0 Å². The lowest BCUT2D eigenvalue weighted by molar-refractivity contribution is -0.122. The van der Waals surface area contributed by atoms with Crippen molar-refractivity contribution < 1.29 is 9.59 Å². The van der Waals surface area contributed by atoms with Gasteiger partial charge < -0.3 is 16.0 Å². The molecule has 3 N–H and O–H groups in total. The second-order valence-corrected chi connectivity index (χ2v) is 7.50. The highest BCUT2D eigenvalue weighted by Crippen LogP contribution is 2.37. The average Bonchev–Trinajstić information content (AvgIpc) is 3.05. The van der Waals surface area contributed by atoms with Gasteiger partial charge in [0.25, 0.3) is 0 Å². The number of para-hydroxylation sites is 1. The number of anilines is 1. The van der Waals surface area contributed by atoms with Crippen LogP contribution in [0, 0.1) is 0 Å². The van der Waals surface area contributed by atoms with Crippen LogP contribution in [0.5, 0.6) is 0 Å². The van der Waals surface area contributed by atoms with E-state index in [0.29, 0.717) is 24.6 Å². The summed E-state index contributed by atoms with van der Waals surface area (Å²) in [4.78, 5) is 24.5. The second-order valence-electron chi connectivity index (χ2n) is 6.16. The van der Waals surface area contributed by atoms with Gasteiger partial charge in [-0.1, -0.05) is 25.0 Å². The molecule has 0 spiro atoms. The molecule has 1 aliphatic heterocycles. The number of thioether (sulfide) groups is 1. The maximum Gasteiger partial charge on any atom is 0.319 e. The van der Waals surface area contributed by atoms with Gasteiger partial charge in [-0.2, -0.15) is 0 Å². The summed E-state index contributed by atoms with van der Waals surface area (Å²) in [5.41, 5.74) is 0.863. The third kappa shape index (κ3) is 4.64. The van der Waals surface area contributed by atoms with Gasteiger partial charge in [0.15, 0.2) is 0 Å². The average molecular weight is 333 g/mol. The van der Waals surface area contributed by atoms with Gasteiger partial charge >= 0.3 is 6.03 Å². The second kappa shape index (κ2) is 7.73. The Bertz CT molecular complexity index is 563. The van der Waals surface area contributed by atoms with Gasteiger partial charge in [0.2, 0.25) is 5.91 Å². The third-order valence-electron chi connectivity index (χ3n) is 4.33. The summed E-state index contributed by atoms with van der Waals surface area (Å²) in [7, 11) is 0. The number of hydrogen-bond acceptors (Lipinski definition) is 3. The molecule has 2 aliphatic rings. The minimum Gasteiger partial charge on any atom is -0.354 e. The van der Waals surface area contributed by atoms with Crippen LogP contribution in [0.2, 0.25) is 0 Å². The molecule has 0 radical (unpaired) electrons. The maximum absolute atomic E-state index is 12.2. The first-order valence-electron chi connectivity index (χ1n) is 8.30. The van der Waals surface area contributed by atoms with Crippen LogP contribution in [0.4, 0.5) is 10.5 Å². The molecule has 124 valence electrons. The van der Waals surface area contributed by atoms with E-state index in [1.165, 1.54) is 25.7 Å². The molecule has 3 amide bonds. The Balaban J connectivity index is 1.56. The molecular weight excluding hydrogens is 310 g/mol. The van der Waals surface area contributed by atoms with Crippen molar-refractivity contribution in [1.82, 2.24) is 10.6 Å². The molecule has 1 aromatic carbocycles. The molecule has 1 atom stereocenters. The Morgan fingerprint density at radius 1 is 1.17 bits per heavy atom. The van der Waals surface area contributed by atoms with Crippen LogP contribution < -0.4 is 16.0 Å². The summed E-state index contributed by atoms with van der Waals surface area (Å²) in [6.07, 6.45) is 6.29. The Morgan fingerprint density at radius 3 is 2.70 bits per heavy atom. The number of piperidine rings is 1. The monoisotopic (exact) mass is 333 g/mol. The van der Waals surface area contributed by atoms with Crippen LogP contribution in [0.1, 0.15) is 38.5 Å². The first-order chi connectivity index (χ1) is 11.2. The molecule has 3 rings (SSSR count). The zero-order valence-electron chi connectivity index (χ0n) is 13.1. The largest absolute Gasteiger partial charge is 0.354 e. The van der Waals surface area contributed by atoms with Crippen molar-refractivity contribution in [3.8, 4) is 0 Å². The van der Waals surface area contributed by atoms with Crippen LogP contribution >= 0.6 is 11.8 Å². The van der Waals surface area contributed by atoms with Gasteiger partial charge in [-0.25, -0.2) is 4.79 Å². The summed E-state index contributed by atoms with van der Waals surface area (Å²) < 4.78 is 0. The molecule has 5 nitrogen and oxygen atoms in total. The highest BCUT2D eigenvalue weighted by molar-refractivity contribution is 8.00. The summed E-state index contributed by atoms with van der Waals surface area (Å²) >= 11 is 1.87.